The SMILES string of the molecule is CC(C)C[C@H](N)C(=O)NCC(=O)N1CCC[C@H]1C(=O)NC(=O)CNc1ccc(N(CCCl)CCCl)cc1.O=C(O)C(F)(F)F. The van der Waals surface area contributed by atoms with Gasteiger partial charge >= 0.3 is 12.1 Å². The minimum absolute atomic E-state index is 0.109. The topological polar surface area (TPSA) is 174 Å². The van der Waals surface area contributed by atoms with Crippen molar-refractivity contribution in [2.24, 2.45) is 11.7 Å². The van der Waals surface area contributed by atoms with Crippen molar-refractivity contribution in [1.82, 2.24) is 15.5 Å². The smallest absolute Gasteiger partial charge is 0.475 e. The minimum Gasteiger partial charge on any atom is -0.475 e. The van der Waals surface area contributed by atoms with Gasteiger partial charge in [0.25, 0.3) is 0 Å². The zero-order valence-electron chi connectivity index (χ0n) is 24.5. The average molecular weight is 672 g/mol. The van der Waals surface area contributed by atoms with Gasteiger partial charge in [0.2, 0.25) is 23.6 Å². The number of nitrogens with zero attached hydrogens (tertiary/aromatic N) is 2. The van der Waals surface area contributed by atoms with Gasteiger partial charge in [0.1, 0.15) is 6.04 Å². The molecule has 1 aromatic carbocycles. The molecule has 1 aromatic rings. The molecular formula is C27H39Cl2F3N6O6. The molecule has 2 atom stereocenters. The normalized spacial score (nSPS) is 15.1. The third-order valence-electron chi connectivity index (χ3n) is 6.25. The van der Waals surface area contributed by atoms with E-state index >= 15 is 0 Å². The molecule has 1 heterocycles. The molecule has 0 radical (unpaired) electrons. The Morgan fingerprint density at radius 2 is 1.64 bits per heavy atom. The number of carbonyl (C=O) groups is 5. The predicted octanol–water partition coefficient (Wildman–Crippen LogP) is 2.14. The van der Waals surface area contributed by atoms with E-state index in [2.05, 4.69) is 20.9 Å². The molecule has 12 nitrogen and oxygen atoms in total. The summed E-state index contributed by atoms with van der Waals surface area (Å²) in [6.07, 6.45) is -3.49. The standard InChI is InChI=1S/C25H38Cl2N6O4.C2HF3O2/c1-17(2)14-20(28)24(36)30-16-23(35)33-11-3-4-21(33)25(37)31-22(34)15-29-18-5-7-19(8-6-18)32(12-9-26)13-10-27;3-2(4,5)1(6)7/h5-8,17,20-21,29H,3-4,9-16,28H2,1-2H3,(H,30,36)(H,31,34,37);(H,6,7)/t20-,21-;/m0./s1. The van der Waals surface area contributed by atoms with Crippen molar-refractivity contribution in [3.05, 3.63) is 24.3 Å². The second-order valence-electron chi connectivity index (χ2n) is 10.2. The summed E-state index contributed by atoms with van der Waals surface area (Å²) in [7, 11) is 0. The molecule has 0 aromatic heterocycles. The number of carbonyl (C=O) groups excluding carboxylic acids is 4. The Hall–Kier alpha value is -3.30. The Bertz CT molecular complexity index is 1100. The molecule has 248 valence electrons. The summed E-state index contributed by atoms with van der Waals surface area (Å²) >= 11 is 11.7. The van der Waals surface area contributed by atoms with E-state index in [0.717, 1.165) is 5.69 Å². The lowest BCUT2D eigenvalue weighted by Crippen LogP contribution is -2.52. The van der Waals surface area contributed by atoms with E-state index in [9.17, 15) is 32.3 Å². The van der Waals surface area contributed by atoms with Crippen LogP contribution < -0.4 is 26.6 Å². The summed E-state index contributed by atoms with van der Waals surface area (Å²) in [5.41, 5.74) is 7.53. The second kappa shape index (κ2) is 19.2. The van der Waals surface area contributed by atoms with Crippen molar-refractivity contribution in [3.63, 3.8) is 0 Å². The number of nitrogens with one attached hydrogen (secondary N) is 3. The van der Waals surface area contributed by atoms with Gasteiger partial charge < -0.3 is 31.3 Å². The first-order chi connectivity index (χ1) is 20.6. The number of anilines is 2. The zero-order valence-corrected chi connectivity index (χ0v) is 26.0. The lowest BCUT2D eigenvalue weighted by Gasteiger charge is -2.24. The molecule has 0 spiro atoms. The largest absolute Gasteiger partial charge is 0.490 e. The molecule has 0 bridgehead atoms. The quantitative estimate of drug-likeness (QED) is 0.186. The molecule has 1 aliphatic rings. The van der Waals surface area contributed by atoms with E-state index < -0.39 is 42.0 Å². The first-order valence-corrected chi connectivity index (χ1v) is 14.8. The van der Waals surface area contributed by atoms with Crippen molar-refractivity contribution in [2.45, 2.75) is 51.4 Å². The molecule has 17 heteroatoms. The summed E-state index contributed by atoms with van der Waals surface area (Å²) in [6.45, 7) is 5.29. The Balaban J connectivity index is 0.00000123. The van der Waals surface area contributed by atoms with Crippen LogP contribution in [0.2, 0.25) is 0 Å². The maximum atomic E-state index is 12.7. The summed E-state index contributed by atoms with van der Waals surface area (Å²) in [6, 6.07) is 6.02. The molecule has 44 heavy (non-hydrogen) atoms. The van der Waals surface area contributed by atoms with E-state index in [1.165, 1.54) is 4.90 Å². The highest BCUT2D eigenvalue weighted by molar-refractivity contribution is 6.18. The van der Waals surface area contributed by atoms with Gasteiger partial charge in [-0.2, -0.15) is 13.2 Å². The van der Waals surface area contributed by atoms with E-state index in [-0.39, 0.29) is 24.9 Å². The second-order valence-corrected chi connectivity index (χ2v) is 10.9. The molecule has 0 saturated carbocycles. The maximum Gasteiger partial charge on any atom is 0.490 e. The van der Waals surface area contributed by atoms with E-state index in [4.69, 9.17) is 38.8 Å². The molecule has 4 amide bonds. The number of hydrogen-bond donors (Lipinski definition) is 5. The molecule has 0 unspecified atom stereocenters. The lowest BCUT2D eigenvalue weighted by atomic mass is 10.0. The molecule has 1 fully saturated rings. The van der Waals surface area contributed by atoms with E-state index in [0.29, 0.717) is 56.3 Å². The van der Waals surface area contributed by atoms with E-state index in [1.807, 2.05) is 38.1 Å². The van der Waals surface area contributed by atoms with Crippen LogP contribution in [0.1, 0.15) is 33.1 Å². The molecule has 1 aliphatic heterocycles. The van der Waals surface area contributed by atoms with Gasteiger partial charge in [-0.05, 0) is 49.4 Å². The van der Waals surface area contributed by atoms with Crippen LogP contribution in [0.3, 0.4) is 0 Å². The van der Waals surface area contributed by atoms with Crippen LogP contribution in [-0.2, 0) is 24.0 Å². The monoisotopic (exact) mass is 670 g/mol. The third kappa shape index (κ3) is 14.0. The van der Waals surface area contributed by atoms with Gasteiger partial charge in [-0.3, -0.25) is 24.5 Å². The van der Waals surface area contributed by atoms with Crippen LogP contribution in [0.5, 0.6) is 0 Å². The first kappa shape index (κ1) is 38.7. The molecule has 1 saturated heterocycles. The number of benzene rings is 1. The number of carboxylic acid groups (broad SMARTS) is 1. The fourth-order valence-electron chi connectivity index (χ4n) is 4.16. The number of imide groups is 1. The zero-order chi connectivity index (χ0) is 33.4. The Morgan fingerprint density at radius 1 is 1.07 bits per heavy atom. The third-order valence-corrected chi connectivity index (χ3v) is 6.59. The van der Waals surface area contributed by atoms with Crippen molar-refractivity contribution >= 4 is 64.2 Å². The van der Waals surface area contributed by atoms with Gasteiger partial charge in [-0.25, -0.2) is 4.79 Å². The van der Waals surface area contributed by atoms with Crippen LogP contribution >= 0.6 is 23.2 Å². The lowest BCUT2D eigenvalue weighted by molar-refractivity contribution is -0.192. The summed E-state index contributed by atoms with van der Waals surface area (Å²) in [5.74, 6) is -3.37. The van der Waals surface area contributed by atoms with Gasteiger partial charge in [-0.15, -0.1) is 23.2 Å². The fraction of sp³-hybridized carbons (Fsp3) is 0.593. The van der Waals surface area contributed by atoms with E-state index in [1.54, 1.807) is 0 Å². The molecule has 0 aliphatic carbocycles. The fourth-order valence-corrected chi connectivity index (χ4v) is 4.57. The van der Waals surface area contributed by atoms with Gasteiger partial charge in [0.15, 0.2) is 0 Å². The van der Waals surface area contributed by atoms with Gasteiger partial charge in [-0.1, -0.05) is 13.8 Å². The van der Waals surface area contributed by atoms with Crippen LogP contribution in [0.4, 0.5) is 24.5 Å². The molecule has 2 rings (SSSR count). The first-order valence-electron chi connectivity index (χ1n) is 13.8. The van der Waals surface area contributed by atoms with Crippen molar-refractivity contribution in [3.8, 4) is 0 Å². The number of amides is 4. The number of alkyl halides is 5. The summed E-state index contributed by atoms with van der Waals surface area (Å²) < 4.78 is 31.7. The number of likely N-dealkylation sites (tertiary alicyclic amines) is 1. The number of aliphatic carboxylic acids is 1. The number of carboxylic acids is 1. The number of rotatable bonds is 14. The number of hydrogen-bond acceptors (Lipinski definition) is 8. The van der Waals surface area contributed by atoms with Crippen LogP contribution in [0.25, 0.3) is 0 Å². The average Bonchev–Trinajstić information content (AvgIpc) is 3.45. The predicted molar refractivity (Wildman–Crippen MR) is 161 cm³/mol. The Kier molecular flexibility index (Phi) is 16.9. The highest BCUT2D eigenvalue weighted by Crippen LogP contribution is 2.19. The van der Waals surface area contributed by atoms with Crippen molar-refractivity contribution in [1.29, 1.82) is 0 Å². The Labute approximate surface area is 263 Å². The minimum atomic E-state index is -5.08. The van der Waals surface area contributed by atoms with Crippen LogP contribution in [0, 0.1) is 5.92 Å². The number of nitrogens with two attached hydrogens (primary N) is 1. The highest BCUT2D eigenvalue weighted by Gasteiger charge is 2.38. The maximum absolute atomic E-state index is 12.7. The highest BCUT2D eigenvalue weighted by atomic mass is 35.5. The van der Waals surface area contributed by atoms with Gasteiger partial charge in [0.05, 0.1) is 19.1 Å². The number of halogens is 5. The van der Waals surface area contributed by atoms with Crippen molar-refractivity contribution in [2.75, 3.05) is 54.7 Å². The summed E-state index contributed by atoms with van der Waals surface area (Å²) in [5, 5.41) is 15.0. The van der Waals surface area contributed by atoms with Crippen LogP contribution in [0.15, 0.2) is 24.3 Å². The molecule has 6 N–H and O–H groups in total. The summed E-state index contributed by atoms with van der Waals surface area (Å²) in [4.78, 5) is 62.2. The molecular weight excluding hydrogens is 632 g/mol. The van der Waals surface area contributed by atoms with Crippen molar-refractivity contribution < 1.29 is 42.3 Å². The van der Waals surface area contributed by atoms with Crippen LogP contribution in [-0.4, -0.2) is 102 Å². The Morgan fingerprint density at radius 3 is 2.14 bits per heavy atom. The van der Waals surface area contributed by atoms with Gasteiger partial charge in [0, 0.05) is 42.8 Å².